The quantitative estimate of drug-likeness (QED) is 0.591. The topological polar surface area (TPSA) is 84.9 Å². The number of piperidine rings is 1. The molecule has 0 saturated carbocycles. The van der Waals surface area contributed by atoms with Crippen molar-refractivity contribution in [1.82, 2.24) is 9.97 Å². The molecule has 9 heteroatoms. The molecule has 2 aromatic heterocycles. The van der Waals surface area contributed by atoms with Crippen molar-refractivity contribution in [3.8, 4) is 0 Å². The highest BCUT2D eigenvalue weighted by Crippen LogP contribution is 2.37. The minimum absolute atomic E-state index is 0.213. The fourth-order valence-electron chi connectivity index (χ4n) is 2.85. The van der Waals surface area contributed by atoms with Gasteiger partial charge in [-0.25, -0.2) is 9.97 Å². The van der Waals surface area contributed by atoms with Crippen molar-refractivity contribution in [2.24, 2.45) is 18.2 Å². The zero-order valence-corrected chi connectivity index (χ0v) is 17.2. The van der Waals surface area contributed by atoms with E-state index in [1.54, 1.807) is 10.8 Å². The third-order valence-electron chi connectivity index (χ3n) is 4.90. The average Bonchev–Trinajstić information content (AvgIpc) is 2.64. The second-order valence-corrected chi connectivity index (χ2v) is 8.68. The van der Waals surface area contributed by atoms with Crippen LogP contribution in [-0.4, -0.2) is 29.6 Å². The van der Waals surface area contributed by atoms with Crippen LogP contribution in [0.5, 0.6) is 0 Å². The van der Waals surface area contributed by atoms with Gasteiger partial charge in [0.1, 0.15) is 22.9 Å². The Morgan fingerprint density at radius 3 is 2.65 bits per heavy atom. The van der Waals surface area contributed by atoms with Crippen LogP contribution in [0.2, 0.25) is 10.2 Å². The van der Waals surface area contributed by atoms with Crippen LogP contribution in [0, 0.1) is 5.41 Å². The molecule has 1 aliphatic heterocycles. The van der Waals surface area contributed by atoms with Crippen LogP contribution >= 0.6 is 35.0 Å². The third kappa shape index (κ3) is 4.01. The second kappa shape index (κ2) is 7.76. The van der Waals surface area contributed by atoms with Crippen LogP contribution in [0.3, 0.4) is 0 Å². The number of anilines is 2. The predicted octanol–water partition coefficient (Wildman–Crippen LogP) is 2.91. The molecule has 0 spiro atoms. The summed E-state index contributed by atoms with van der Waals surface area (Å²) in [5, 5.41) is 1.56. The summed E-state index contributed by atoms with van der Waals surface area (Å²) in [5.41, 5.74) is 12.2. The molecule has 0 atom stereocenters. The van der Waals surface area contributed by atoms with Crippen molar-refractivity contribution in [3.63, 3.8) is 0 Å². The van der Waals surface area contributed by atoms with E-state index in [4.69, 9.17) is 34.7 Å². The van der Waals surface area contributed by atoms with Crippen LogP contribution in [0.4, 0.5) is 11.6 Å². The molecule has 140 valence electrons. The van der Waals surface area contributed by atoms with Crippen molar-refractivity contribution in [3.05, 3.63) is 28.6 Å². The molecule has 4 N–H and O–H groups in total. The highest BCUT2D eigenvalue weighted by atomic mass is 35.5. The van der Waals surface area contributed by atoms with Gasteiger partial charge in [-0.3, -0.25) is 0 Å². The lowest BCUT2D eigenvalue weighted by Crippen LogP contribution is -2.42. The standard InChI is InChI=1S/C17H23Cl2N6S/c1-17(10-20)4-7-25(8-5-17)12-9-22-16(15(21)23-12)26-11-3-6-24(2)14(19)13(11)18/h3,6,9H,4-5,7-8,10,20H2,1-2H3,(H2,21,23)/q+1. The average molecular weight is 414 g/mol. The van der Waals surface area contributed by atoms with Crippen molar-refractivity contribution >= 4 is 46.6 Å². The first-order chi connectivity index (χ1) is 12.3. The zero-order chi connectivity index (χ0) is 18.9. The fourth-order valence-corrected chi connectivity index (χ4v) is 4.16. The lowest BCUT2D eigenvalue weighted by Gasteiger charge is -2.39. The van der Waals surface area contributed by atoms with Crippen LogP contribution in [0.25, 0.3) is 0 Å². The van der Waals surface area contributed by atoms with E-state index in [1.165, 1.54) is 11.8 Å². The predicted molar refractivity (Wildman–Crippen MR) is 107 cm³/mol. The minimum Gasteiger partial charge on any atom is -0.381 e. The summed E-state index contributed by atoms with van der Waals surface area (Å²) >= 11 is 13.9. The maximum Gasteiger partial charge on any atom is 0.294 e. The Labute approximate surface area is 167 Å². The molecule has 0 aliphatic carbocycles. The fraction of sp³-hybridized carbons (Fsp3) is 0.471. The molecule has 3 heterocycles. The van der Waals surface area contributed by atoms with Crippen LogP contribution in [0.1, 0.15) is 19.8 Å². The molecule has 1 saturated heterocycles. The summed E-state index contributed by atoms with van der Waals surface area (Å²) in [6, 6.07) is 1.88. The summed E-state index contributed by atoms with van der Waals surface area (Å²) in [4.78, 5) is 12.0. The van der Waals surface area contributed by atoms with Crippen LogP contribution < -0.4 is 20.9 Å². The van der Waals surface area contributed by atoms with Gasteiger partial charge in [0.25, 0.3) is 5.15 Å². The number of aromatic nitrogens is 3. The van der Waals surface area contributed by atoms with Gasteiger partial charge in [-0.2, -0.15) is 4.57 Å². The molecule has 0 radical (unpaired) electrons. The molecule has 26 heavy (non-hydrogen) atoms. The van der Waals surface area contributed by atoms with Crippen LogP contribution in [0.15, 0.2) is 28.4 Å². The molecule has 1 fully saturated rings. The summed E-state index contributed by atoms with van der Waals surface area (Å²) in [5.74, 6) is 1.19. The van der Waals surface area contributed by atoms with Gasteiger partial charge in [0.05, 0.1) is 6.20 Å². The molecule has 0 bridgehead atoms. The normalized spacial score (nSPS) is 16.7. The summed E-state index contributed by atoms with van der Waals surface area (Å²) in [7, 11) is 1.83. The Morgan fingerprint density at radius 2 is 2.04 bits per heavy atom. The van der Waals surface area contributed by atoms with Gasteiger partial charge >= 0.3 is 0 Å². The number of nitrogens with zero attached hydrogens (tertiary/aromatic N) is 4. The van der Waals surface area contributed by atoms with E-state index in [9.17, 15) is 0 Å². The van der Waals surface area contributed by atoms with Gasteiger partial charge in [0.2, 0.25) is 0 Å². The Morgan fingerprint density at radius 1 is 1.35 bits per heavy atom. The van der Waals surface area contributed by atoms with Gasteiger partial charge in [-0.05, 0) is 36.4 Å². The maximum atomic E-state index is 6.31. The molecule has 0 amide bonds. The van der Waals surface area contributed by atoms with E-state index in [2.05, 4.69) is 21.8 Å². The van der Waals surface area contributed by atoms with Gasteiger partial charge < -0.3 is 16.4 Å². The van der Waals surface area contributed by atoms with Gasteiger partial charge in [0.15, 0.2) is 12.0 Å². The Bertz CT molecular complexity index is 808. The first-order valence-corrected chi connectivity index (χ1v) is 9.99. The van der Waals surface area contributed by atoms with E-state index in [1.807, 2.05) is 19.3 Å². The minimum atomic E-state index is 0.213. The Balaban J connectivity index is 1.76. The van der Waals surface area contributed by atoms with Crippen molar-refractivity contribution < 1.29 is 4.57 Å². The lowest BCUT2D eigenvalue weighted by atomic mass is 9.80. The number of hydrogen-bond donors (Lipinski definition) is 2. The number of rotatable bonds is 4. The molecule has 6 nitrogen and oxygen atoms in total. The summed E-state index contributed by atoms with van der Waals surface area (Å²) in [6.45, 7) is 4.76. The monoisotopic (exact) mass is 413 g/mol. The zero-order valence-electron chi connectivity index (χ0n) is 14.9. The third-order valence-corrected chi connectivity index (χ3v) is 7.02. The van der Waals surface area contributed by atoms with E-state index >= 15 is 0 Å². The molecule has 0 unspecified atom stereocenters. The largest absolute Gasteiger partial charge is 0.381 e. The molecular weight excluding hydrogens is 391 g/mol. The number of nitrogen functional groups attached to an aromatic ring is 1. The van der Waals surface area contributed by atoms with Gasteiger partial charge in [-0.1, -0.05) is 30.3 Å². The summed E-state index contributed by atoms with van der Waals surface area (Å²) < 4.78 is 1.75. The van der Waals surface area contributed by atoms with Gasteiger partial charge in [0, 0.05) is 24.1 Å². The smallest absolute Gasteiger partial charge is 0.294 e. The van der Waals surface area contributed by atoms with Gasteiger partial charge in [-0.15, -0.1) is 0 Å². The molecule has 3 rings (SSSR count). The molecule has 0 aromatic carbocycles. The second-order valence-electron chi connectivity index (χ2n) is 6.92. The SMILES string of the molecule is C[n+]1ccc(Sc2ncc(N3CCC(C)(CN)CC3)nc2N)c(Cl)c1Cl. The first-order valence-electron chi connectivity index (χ1n) is 8.42. The van der Waals surface area contributed by atoms with Crippen molar-refractivity contribution in [1.29, 1.82) is 0 Å². The molecule has 1 aliphatic rings. The molecular formula is C17H23Cl2N6S+. The number of hydrogen-bond acceptors (Lipinski definition) is 6. The van der Waals surface area contributed by atoms with E-state index in [0.29, 0.717) is 27.6 Å². The maximum absolute atomic E-state index is 6.31. The Kier molecular flexibility index (Phi) is 5.81. The Hall–Kier alpha value is -1.28. The molecule has 2 aromatic rings. The highest BCUT2D eigenvalue weighted by Gasteiger charge is 2.29. The van der Waals surface area contributed by atoms with Crippen molar-refractivity contribution in [2.75, 3.05) is 30.3 Å². The first kappa shape index (κ1) is 19.5. The van der Waals surface area contributed by atoms with Crippen molar-refractivity contribution in [2.45, 2.75) is 29.7 Å². The number of aryl methyl sites for hydroxylation is 1. The summed E-state index contributed by atoms with van der Waals surface area (Å²) in [6.07, 6.45) is 5.69. The number of nitrogens with two attached hydrogens (primary N) is 2. The highest BCUT2D eigenvalue weighted by molar-refractivity contribution is 7.99. The number of halogens is 2. The van der Waals surface area contributed by atoms with E-state index in [-0.39, 0.29) is 5.41 Å². The number of pyridine rings is 1. The lowest BCUT2D eigenvalue weighted by molar-refractivity contribution is -0.669. The van der Waals surface area contributed by atoms with E-state index < -0.39 is 0 Å². The van der Waals surface area contributed by atoms with Crippen LogP contribution in [-0.2, 0) is 7.05 Å². The van der Waals surface area contributed by atoms with E-state index in [0.717, 1.165) is 36.6 Å².